The summed E-state index contributed by atoms with van der Waals surface area (Å²) in [6, 6.07) is 3.56. The summed E-state index contributed by atoms with van der Waals surface area (Å²) in [5.74, 6) is -0.288. The van der Waals surface area contributed by atoms with Crippen molar-refractivity contribution in [3.8, 4) is 0 Å². The summed E-state index contributed by atoms with van der Waals surface area (Å²) in [4.78, 5) is 7.90. The third-order valence-corrected chi connectivity index (χ3v) is 5.86. The van der Waals surface area contributed by atoms with E-state index in [9.17, 15) is 21.6 Å². The zero-order valence-corrected chi connectivity index (χ0v) is 17.7. The molecule has 4 rings (SSSR count). The fourth-order valence-corrected chi connectivity index (χ4v) is 3.71. The number of nitrogens with zero attached hydrogens (tertiary/aromatic N) is 4. The van der Waals surface area contributed by atoms with Gasteiger partial charge < -0.3 is 10.6 Å². The molecule has 0 bridgehead atoms. The predicted molar refractivity (Wildman–Crippen MR) is 111 cm³/mol. The van der Waals surface area contributed by atoms with Gasteiger partial charge >= 0.3 is 6.18 Å². The molecule has 0 atom stereocenters. The highest BCUT2D eigenvalue weighted by molar-refractivity contribution is 7.90. The Morgan fingerprint density at radius 2 is 1.97 bits per heavy atom. The largest absolute Gasteiger partial charge is 0.421 e. The number of benzene rings is 1. The molecule has 1 saturated carbocycles. The van der Waals surface area contributed by atoms with Gasteiger partial charge in [-0.05, 0) is 31.4 Å². The summed E-state index contributed by atoms with van der Waals surface area (Å²) >= 11 is 0. The minimum absolute atomic E-state index is 0.0111. The highest BCUT2D eigenvalue weighted by atomic mass is 32.2. The third kappa shape index (κ3) is 4.89. The number of alkyl halides is 3. The van der Waals surface area contributed by atoms with Crippen molar-refractivity contribution in [1.29, 1.82) is 0 Å². The van der Waals surface area contributed by atoms with Crippen molar-refractivity contribution in [3.63, 3.8) is 0 Å². The van der Waals surface area contributed by atoms with E-state index < -0.39 is 21.6 Å². The van der Waals surface area contributed by atoms with Crippen LogP contribution in [0.15, 0.2) is 24.5 Å². The number of nitrogens with one attached hydrogen (secondary N) is 2. The quantitative estimate of drug-likeness (QED) is 0.563. The first kappa shape index (κ1) is 21.3. The average molecular weight is 454 g/mol. The van der Waals surface area contributed by atoms with Gasteiger partial charge in [0, 0.05) is 23.9 Å². The van der Waals surface area contributed by atoms with Crippen LogP contribution in [-0.4, -0.2) is 46.2 Å². The number of fused-ring (bicyclic) bond motifs is 1. The standard InChI is InChI=1S/C19H21F3N6O2S/c1-11-3-6-15(13-9-24-28(16(11)13)7-8-31(2,29)30)26-18-23-10-14(19(20,21)22)17(27-18)25-12-4-5-12/h3,6,9-10,12H,4-5,7-8H2,1-2H3,(H2,23,25,26,27). The molecular formula is C19H21F3N6O2S. The van der Waals surface area contributed by atoms with Crippen LogP contribution in [0.3, 0.4) is 0 Å². The number of sulfone groups is 1. The molecule has 1 aliphatic carbocycles. The lowest BCUT2D eigenvalue weighted by atomic mass is 10.1. The van der Waals surface area contributed by atoms with Gasteiger partial charge in [-0.2, -0.15) is 23.3 Å². The summed E-state index contributed by atoms with van der Waals surface area (Å²) in [6.07, 6.45) is 0.549. The minimum Gasteiger partial charge on any atom is -0.367 e. The number of halogens is 3. The molecule has 166 valence electrons. The lowest BCUT2D eigenvalue weighted by Crippen LogP contribution is -2.15. The Morgan fingerprint density at radius 1 is 1.23 bits per heavy atom. The smallest absolute Gasteiger partial charge is 0.367 e. The maximum atomic E-state index is 13.3. The van der Waals surface area contributed by atoms with E-state index in [0.717, 1.165) is 36.4 Å². The van der Waals surface area contributed by atoms with Gasteiger partial charge in [-0.3, -0.25) is 4.68 Å². The Labute approximate surface area is 176 Å². The number of aromatic nitrogens is 4. The highest BCUT2D eigenvalue weighted by Gasteiger charge is 2.37. The molecule has 0 aliphatic heterocycles. The molecule has 0 saturated heterocycles. The van der Waals surface area contributed by atoms with Gasteiger partial charge in [-0.1, -0.05) is 6.07 Å². The Hall–Kier alpha value is -2.89. The number of anilines is 3. The Morgan fingerprint density at radius 3 is 2.61 bits per heavy atom. The van der Waals surface area contributed by atoms with Crippen LogP contribution in [0, 0.1) is 6.92 Å². The number of aryl methyl sites for hydroxylation is 2. The molecule has 1 fully saturated rings. The lowest BCUT2D eigenvalue weighted by molar-refractivity contribution is -0.137. The third-order valence-electron chi connectivity index (χ3n) is 4.94. The summed E-state index contributed by atoms with van der Waals surface area (Å²) in [5, 5.41) is 10.8. The fraction of sp³-hybridized carbons (Fsp3) is 0.421. The van der Waals surface area contributed by atoms with Crippen LogP contribution in [0.4, 0.5) is 30.6 Å². The first-order valence-corrected chi connectivity index (χ1v) is 11.7. The molecule has 0 spiro atoms. The maximum absolute atomic E-state index is 13.3. The van der Waals surface area contributed by atoms with Crippen LogP contribution in [0.25, 0.3) is 10.9 Å². The molecule has 0 unspecified atom stereocenters. The van der Waals surface area contributed by atoms with Gasteiger partial charge in [0.2, 0.25) is 5.95 Å². The number of hydrogen-bond donors (Lipinski definition) is 2. The van der Waals surface area contributed by atoms with Crippen LogP contribution in [0.1, 0.15) is 24.0 Å². The van der Waals surface area contributed by atoms with Crippen molar-refractivity contribution in [2.45, 2.75) is 38.5 Å². The molecule has 12 heteroatoms. The molecular weight excluding hydrogens is 433 g/mol. The minimum atomic E-state index is -4.56. The SMILES string of the molecule is Cc1ccc(Nc2ncc(C(F)(F)F)c(NC3CC3)n2)c2cnn(CCS(C)(=O)=O)c12. The van der Waals surface area contributed by atoms with Crippen molar-refractivity contribution in [2.75, 3.05) is 22.6 Å². The van der Waals surface area contributed by atoms with Crippen LogP contribution in [0.2, 0.25) is 0 Å². The highest BCUT2D eigenvalue weighted by Crippen LogP contribution is 2.36. The van der Waals surface area contributed by atoms with Gasteiger partial charge in [-0.15, -0.1) is 0 Å². The first-order valence-electron chi connectivity index (χ1n) is 9.62. The molecule has 2 N–H and O–H groups in total. The van der Waals surface area contributed by atoms with Gasteiger partial charge in [0.1, 0.15) is 21.2 Å². The first-order chi connectivity index (χ1) is 14.5. The zero-order chi connectivity index (χ0) is 22.4. The molecule has 2 aromatic heterocycles. The molecule has 0 radical (unpaired) electrons. The normalized spacial score (nSPS) is 14.7. The van der Waals surface area contributed by atoms with Gasteiger partial charge in [0.25, 0.3) is 0 Å². The van der Waals surface area contributed by atoms with E-state index >= 15 is 0 Å². The van der Waals surface area contributed by atoms with Crippen LogP contribution in [0.5, 0.6) is 0 Å². The van der Waals surface area contributed by atoms with E-state index in [4.69, 9.17) is 0 Å². The van der Waals surface area contributed by atoms with Gasteiger partial charge in [0.15, 0.2) is 0 Å². The topological polar surface area (TPSA) is 102 Å². The van der Waals surface area contributed by atoms with Crippen molar-refractivity contribution in [1.82, 2.24) is 19.7 Å². The molecule has 1 aliphatic rings. The van der Waals surface area contributed by atoms with Crippen LogP contribution in [-0.2, 0) is 22.6 Å². The van der Waals surface area contributed by atoms with Crippen molar-refractivity contribution < 1.29 is 21.6 Å². The second-order valence-electron chi connectivity index (χ2n) is 7.69. The monoisotopic (exact) mass is 454 g/mol. The molecule has 0 amide bonds. The summed E-state index contributed by atoms with van der Waals surface area (Å²) in [7, 11) is -3.16. The van der Waals surface area contributed by atoms with Crippen molar-refractivity contribution in [2.24, 2.45) is 0 Å². The molecule has 31 heavy (non-hydrogen) atoms. The van der Waals surface area contributed by atoms with Gasteiger partial charge in [-0.25, -0.2) is 13.4 Å². The lowest BCUT2D eigenvalue weighted by Gasteiger charge is -2.15. The summed E-state index contributed by atoms with van der Waals surface area (Å²) < 4.78 is 64.5. The average Bonchev–Trinajstić information content (AvgIpc) is 3.36. The van der Waals surface area contributed by atoms with E-state index in [0.29, 0.717) is 11.1 Å². The van der Waals surface area contributed by atoms with E-state index in [1.807, 2.05) is 13.0 Å². The molecule has 8 nitrogen and oxygen atoms in total. The maximum Gasteiger partial charge on any atom is 0.421 e. The fourth-order valence-electron chi connectivity index (χ4n) is 3.21. The van der Waals surface area contributed by atoms with E-state index in [2.05, 4.69) is 25.7 Å². The second-order valence-corrected chi connectivity index (χ2v) is 9.95. The predicted octanol–water partition coefficient (Wildman–Crippen LogP) is 3.52. The Balaban J connectivity index is 1.67. The van der Waals surface area contributed by atoms with Crippen LogP contribution >= 0.6 is 0 Å². The molecule has 3 aromatic rings. The summed E-state index contributed by atoms with van der Waals surface area (Å²) in [6.45, 7) is 2.07. The Kier molecular flexibility index (Phi) is 5.28. The zero-order valence-electron chi connectivity index (χ0n) is 16.9. The second kappa shape index (κ2) is 7.66. The number of hydrogen-bond acceptors (Lipinski definition) is 7. The summed E-state index contributed by atoms with van der Waals surface area (Å²) in [5.41, 5.74) is 1.27. The van der Waals surface area contributed by atoms with Crippen LogP contribution < -0.4 is 10.6 Å². The van der Waals surface area contributed by atoms with E-state index in [-0.39, 0.29) is 30.1 Å². The van der Waals surface area contributed by atoms with E-state index in [1.165, 1.54) is 0 Å². The number of rotatable bonds is 7. The van der Waals surface area contributed by atoms with Crippen molar-refractivity contribution >= 4 is 38.2 Å². The van der Waals surface area contributed by atoms with E-state index in [1.54, 1.807) is 16.9 Å². The molecule has 2 heterocycles. The molecule has 1 aromatic carbocycles. The van der Waals surface area contributed by atoms with Gasteiger partial charge in [0.05, 0.1) is 29.7 Å². The van der Waals surface area contributed by atoms with Crippen molar-refractivity contribution in [3.05, 3.63) is 35.7 Å². The Bertz CT molecular complexity index is 1240.